The van der Waals surface area contributed by atoms with Crippen LogP contribution in [-0.4, -0.2) is 43.3 Å². The second kappa shape index (κ2) is 5.52. The Morgan fingerprint density at radius 3 is 2.24 bits per heavy atom. The highest BCUT2D eigenvalue weighted by Gasteiger charge is 2.16. The number of aliphatic hydroxyl groups is 1. The predicted molar refractivity (Wildman–Crippen MR) is 73.4 cm³/mol. The van der Waals surface area contributed by atoms with Gasteiger partial charge in [0.15, 0.2) is 0 Å². The maximum atomic E-state index is 9.79. The number of benzene rings is 1. The maximum absolute atomic E-state index is 9.79. The van der Waals surface area contributed by atoms with Gasteiger partial charge in [-0.3, -0.25) is 4.90 Å². The van der Waals surface area contributed by atoms with E-state index in [1.807, 2.05) is 20.9 Å². The molecule has 0 atom stereocenters. The van der Waals surface area contributed by atoms with E-state index < -0.39 is 5.60 Å². The summed E-state index contributed by atoms with van der Waals surface area (Å²) in [6, 6.07) is 8.36. The SMILES string of the molecule is CN(Cc1ccccc1N(C)C)CC(C)(C)O. The zero-order valence-corrected chi connectivity index (χ0v) is 11.6. The van der Waals surface area contributed by atoms with E-state index in [9.17, 15) is 5.11 Å². The molecule has 0 saturated carbocycles. The van der Waals surface area contributed by atoms with Crippen LogP contribution in [-0.2, 0) is 6.54 Å². The van der Waals surface area contributed by atoms with Crippen molar-refractivity contribution in [3.63, 3.8) is 0 Å². The van der Waals surface area contributed by atoms with Gasteiger partial charge in [-0.1, -0.05) is 18.2 Å². The summed E-state index contributed by atoms with van der Waals surface area (Å²) in [6.45, 7) is 5.18. The van der Waals surface area contributed by atoms with Gasteiger partial charge in [-0.2, -0.15) is 0 Å². The van der Waals surface area contributed by atoms with E-state index in [1.54, 1.807) is 0 Å². The Bertz CT molecular complexity index is 355. The first-order valence-electron chi connectivity index (χ1n) is 5.96. The Balaban J connectivity index is 2.74. The molecule has 1 N–H and O–H groups in total. The van der Waals surface area contributed by atoms with E-state index in [2.05, 4.69) is 48.2 Å². The fraction of sp³-hybridized carbons (Fsp3) is 0.571. The summed E-state index contributed by atoms with van der Waals surface area (Å²) in [6.07, 6.45) is 0. The summed E-state index contributed by atoms with van der Waals surface area (Å²) in [7, 11) is 6.13. The van der Waals surface area contributed by atoms with Crippen LogP contribution in [0.2, 0.25) is 0 Å². The number of hydrogen-bond acceptors (Lipinski definition) is 3. The molecule has 0 amide bonds. The number of para-hydroxylation sites is 1. The van der Waals surface area contributed by atoms with Crippen molar-refractivity contribution in [3.05, 3.63) is 29.8 Å². The lowest BCUT2D eigenvalue weighted by Crippen LogP contribution is -2.36. The first kappa shape index (κ1) is 14.0. The molecule has 0 aliphatic rings. The minimum atomic E-state index is -0.651. The lowest BCUT2D eigenvalue weighted by atomic mass is 10.1. The first-order chi connectivity index (χ1) is 7.79. The fourth-order valence-corrected chi connectivity index (χ4v) is 2.09. The molecule has 0 spiro atoms. The molecular weight excluding hydrogens is 212 g/mol. The second-order valence-corrected chi connectivity index (χ2v) is 5.51. The predicted octanol–water partition coefficient (Wildman–Crippen LogP) is 1.96. The molecule has 1 aromatic rings. The average molecular weight is 236 g/mol. The van der Waals surface area contributed by atoms with Crippen LogP contribution in [0, 0.1) is 0 Å². The molecule has 0 aliphatic heterocycles. The van der Waals surface area contributed by atoms with Gasteiger partial charge in [-0.05, 0) is 32.5 Å². The van der Waals surface area contributed by atoms with Crippen LogP contribution >= 0.6 is 0 Å². The molecule has 0 fully saturated rings. The molecule has 0 heterocycles. The van der Waals surface area contributed by atoms with Crippen LogP contribution in [0.4, 0.5) is 5.69 Å². The Labute approximate surface area is 105 Å². The summed E-state index contributed by atoms with van der Waals surface area (Å²) >= 11 is 0. The van der Waals surface area contributed by atoms with Gasteiger partial charge in [0.05, 0.1) is 5.60 Å². The van der Waals surface area contributed by atoms with Gasteiger partial charge in [-0.25, -0.2) is 0 Å². The summed E-state index contributed by atoms with van der Waals surface area (Å²) in [4.78, 5) is 4.26. The second-order valence-electron chi connectivity index (χ2n) is 5.51. The molecule has 1 rings (SSSR count). The van der Waals surface area contributed by atoms with Crippen LogP contribution < -0.4 is 4.90 Å². The van der Waals surface area contributed by atoms with Crippen molar-refractivity contribution < 1.29 is 5.11 Å². The smallest absolute Gasteiger partial charge is 0.0718 e. The zero-order valence-electron chi connectivity index (χ0n) is 11.6. The van der Waals surface area contributed by atoms with Crippen LogP contribution in [0.3, 0.4) is 0 Å². The van der Waals surface area contributed by atoms with Gasteiger partial charge >= 0.3 is 0 Å². The normalized spacial score (nSPS) is 11.9. The highest BCUT2D eigenvalue weighted by atomic mass is 16.3. The lowest BCUT2D eigenvalue weighted by molar-refractivity contribution is 0.0425. The van der Waals surface area contributed by atoms with E-state index in [0.717, 1.165) is 6.54 Å². The standard InChI is InChI=1S/C14H24N2O/c1-14(2,17)11-16(5)10-12-8-6-7-9-13(12)15(3)4/h6-9,17H,10-11H2,1-5H3. The number of likely N-dealkylation sites (N-methyl/N-ethyl adjacent to an activating group) is 1. The number of nitrogens with zero attached hydrogens (tertiary/aromatic N) is 2. The molecule has 17 heavy (non-hydrogen) atoms. The largest absolute Gasteiger partial charge is 0.389 e. The van der Waals surface area contributed by atoms with Gasteiger partial charge in [0.1, 0.15) is 0 Å². The zero-order chi connectivity index (χ0) is 13.1. The van der Waals surface area contributed by atoms with E-state index in [-0.39, 0.29) is 0 Å². The molecule has 3 nitrogen and oxygen atoms in total. The van der Waals surface area contributed by atoms with Crippen LogP contribution in [0.15, 0.2) is 24.3 Å². The van der Waals surface area contributed by atoms with Crippen LogP contribution in [0.1, 0.15) is 19.4 Å². The van der Waals surface area contributed by atoms with Gasteiger partial charge in [-0.15, -0.1) is 0 Å². The summed E-state index contributed by atoms with van der Waals surface area (Å²) < 4.78 is 0. The monoisotopic (exact) mass is 236 g/mol. The third-order valence-corrected chi connectivity index (χ3v) is 2.57. The highest BCUT2D eigenvalue weighted by Crippen LogP contribution is 2.19. The van der Waals surface area contributed by atoms with Crippen LogP contribution in [0.25, 0.3) is 0 Å². The van der Waals surface area contributed by atoms with Gasteiger partial charge in [0.25, 0.3) is 0 Å². The van der Waals surface area contributed by atoms with Crippen molar-refractivity contribution in [2.75, 3.05) is 32.6 Å². The lowest BCUT2D eigenvalue weighted by Gasteiger charge is -2.27. The van der Waals surface area contributed by atoms with Crippen molar-refractivity contribution in [1.29, 1.82) is 0 Å². The van der Waals surface area contributed by atoms with Crippen molar-refractivity contribution >= 4 is 5.69 Å². The molecule has 0 bridgehead atoms. The van der Waals surface area contributed by atoms with E-state index in [4.69, 9.17) is 0 Å². The quantitative estimate of drug-likeness (QED) is 0.846. The Morgan fingerprint density at radius 1 is 1.12 bits per heavy atom. The first-order valence-corrected chi connectivity index (χ1v) is 5.96. The Morgan fingerprint density at radius 2 is 1.71 bits per heavy atom. The number of rotatable bonds is 5. The molecule has 1 aromatic carbocycles. The molecule has 96 valence electrons. The molecule has 3 heteroatoms. The van der Waals surface area contributed by atoms with Gasteiger partial charge in [0.2, 0.25) is 0 Å². The van der Waals surface area contributed by atoms with Crippen LogP contribution in [0.5, 0.6) is 0 Å². The third-order valence-electron chi connectivity index (χ3n) is 2.57. The van der Waals surface area contributed by atoms with E-state index in [1.165, 1.54) is 11.3 Å². The molecule has 0 unspecified atom stereocenters. The number of anilines is 1. The minimum Gasteiger partial charge on any atom is -0.389 e. The molecule has 0 saturated heterocycles. The maximum Gasteiger partial charge on any atom is 0.0718 e. The molecule has 0 aliphatic carbocycles. The molecule has 0 aromatic heterocycles. The summed E-state index contributed by atoms with van der Waals surface area (Å²) in [5.74, 6) is 0. The topological polar surface area (TPSA) is 26.7 Å². The van der Waals surface area contributed by atoms with Crippen molar-refractivity contribution in [1.82, 2.24) is 4.90 Å². The van der Waals surface area contributed by atoms with Crippen molar-refractivity contribution in [2.24, 2.45) is 0 Å². The summed E-state index contributed by atoms with van der Waals surface area (Å²) in [5, 5.41) is 9.79. The fourth-order valence-electron chi connectivity index (χ4n) is 2.09. The number of hydrogen-bond donors (Lipinski definition) is 1. The molecular formula is C14H24N2O. The molecule has 0 radical (unpaired) electrons. The van der Waals surface area contributed by atoms with Crippen molar-refractivity contribution in [2.45, 2.75) is 26.0 Å². The Hall–Kier alpha value is -1.06. The summed E-state index contributed by atoms with van der Waals surface area (Å²) in [5.41, 5.74) is 1.86. The Kier molecular flexibility index (Phi) is 4.54. The minimum absolute atomic E-state index is 0.651. The average Bonchev–Trinajstić information content (AvgIpc) is 2.14. The van der Waals surface area contributed by atoms with E-state index in [0.29, 0.717) is 6.54 Å². The van der Waals surface area contributed by atoms with Crippen molar-refractivity contribution in [3.8, 4) is 0 Å². The van der Waals surface area contributed by atoms with Gasteiger partial charge < -0.3 is 10.0 Å². The van der Waals surface area contributed by atoms with E-state index >= 15 is 0 Å². The third kappa shape index (κ3) is 4.75. The van der Waals surface area contributed by atoms with Gasteiger partial charge in [0, 0.05) is 32.9 Å². The highest BCUT2D eigenvalue weighted by molar-refractivity contribution is 5.52.